The molecule has 2 heterocycles. The summed E-state index contributed by atoms with van der Waals surface area (Å²) in [4.78, 5) is 19.0. The Hall–Kier alpha value is -2.68. The molecule has 1 amide bonds. The normalized spacial score (nSPS) is 14.6. The Morgan fingerprint density at radius 2 is 1.86 bits per heavy atom. The van der Waals surface area contributed by atoms with Gasteiger partial charge in [0.15, 0.2) is 5.82 Å². The Morgan fingerprint density at radius 3 is 2.62 bits per heavy atom. The predicted molar refractivity (Wildman–Crippen MR) is 114 cm³/mol. The van der Waals surface area contributed by atoms with E-state index < -0.39 is 0 Å². The predicted octanol–water partition coefficient (Wildman–Crippen LogP) is 3.03. The third-order valence-electron chi connectivity index (χ3n) is 4.59. The number of hydrogen-bond acceptors (Lipinski definition) is 6. The van der Waals surface area contributed by atoms with Gasteiger partial charge in [-0.15, -0.1) is 5.10 Å². The number of ether oxygens (including phenoxy) is 1. The van der Waals surface area contributed by atoms with Crippen molar-refractivity contribution >= 4 is 23.4 Å². The van der Waals surface area contributed by atoms with E-state index in [1.165, 1.54) is 17.3 Å². The molecule has 0 radical (unpaired) electrons. The molecule has 0 unspecified atom stereocenters. The Balaban J connectivity index is 1.25. The number of carbonyl (C=O) groups excluding carboxylic acids is 1. The first-order chi connectivity index (χ1) is 14.3. The topological polar surface area (TPSA) is 83.1 Å². The smallest absolute Gasteiger partial charge is 0.234 e. The summed E-state index contributed by atoms with van der Waals surface area (Å²) < 4.78 is 5.38. The molecule has 1 aliphatic rings. The summed E-state index contributed by atoms with van der Waals surface area (Å²) in [5, 5.41) is 10.6. The lowest BCUT2D eigenvalue weighted by Gasteiger charge is -2.26. The fourth-order valence-electron chi connectivity index (χ4n) is 3.07. The third-order valence-corrected chi connectivity index (χ3v) is 5.44. The van der Waals surface area contributed by atoms with E-state index in [-0.39, 0.29) is 11.7 Å². The van der Waals surface area contributed by atoms with Crippen LogP contribution in [0.15, 0.2) is 59.8 Å². The number of anilines is 1. The molecule has 2 N–H and O–H groups in total. The van der Waals surface area contributed by atoms with Gasteiger partial charge in [0.05, 0.1) is 19.0 Å². The molecular formula is C21H23N5O2S. The second kappa shape index (κ2) is 9.69. The molecule has 0 saturated carbocycles. The van der Waals surface area contributed by atoms with Crippen LogP contribution in [0.2, 0.25) is 0 Å². The number of nitrogens with zero attached hydrogens (tertiary/aromatic N) is 3. The molecule has 8 heteroatoms. The Morgan fingerprint density at radius 1 is 1.10 bits per heavy atom. The Labute approximate surface area is 173 Å². The molecule has 0 aliphatic carbocycles. The van der Waals surface area contributed by atoms with Crippen molar-refractivity contribution in [1.82, 2.24) is 20.1 Å². The largest absolute Gasteiger partial charge is 0.379 e. The lowest BCUT2D eigenvalue weighted by atomic mass is 10.2. The number of morpholine rings is 1. The Kier molecular flexibility index (Phi) is 6.56. The van der Waals surface area contributed by atoms with Crippen LogP contribution < -0.4 is 5.32 Å². The molecule has 3 aromatic rings. The van der Waals surface area contributed by atoms with Crippen molar-refractivity contribution in [1.29, 1.82) is 0 Å². The van der Waals surface area contributed by atoms with Crippen LogP contribution in [0.3, 0.4) is 0 Å². The zero-order chi connectivity index (χ0) is 19.9. The monoisotopic (exact) mass is 409 g/mol. The van der Waals surface area contributed by atoms with Crippen LogP contribution in [0.5, 0.6) is 0 Å². The number of carbonyl (C=O) groups is 1. The van der Waals surface area contributed by atoms with Crippen molar-refractivity contribution < 1.29 is 9.53 Å². The van der Waals surface area contributed by atoms with Crippen LogP contribution in [-0.2, 0) is 16.1 Å². The highest BCUT2D eigenvalue weighted by Crippen LogP contribution is 2.19. The number of amides is 1. The lowest BCUT2D eigenvalue weighted by molar-refractivity contribution is -0.113. The van der Waals surface area contributed by atoms with Crippen LogP contribution in [0, 0.1) is 0 Å². The number of nitrogens with one attached hydrogen (secondary N) is 2. The number of thioether (sulfide) groups is 1. The maximum atomic E-state index is 12.2. The first-order valence-electron chi connectivity index (χ1n) is 9.56. The molecule has 1 aromatic heterocycles. The molecule has 7 nitrogen and oxygen atoms in total. The van der Waals surface area contributed by atoms with E-state index in [0.29, 0.717) is 11.0 Å². The van der Waals surface area contributed by atoms with Gasteiger partial charge in [-0.25, -0.2) is 4.98 Å². The van der Waals surface area contributed by atoms with Gasteiger partial charge in [0.1, 0.15) is 0 Å². The van der Waals surface area contributed by atoms with Gasteiger partial charge in [0.2, 0.25) is 11.1 Å². The van der Waals surface area contributed by atoms with Crippen molar-refractivity contribution in [3.05, 3.63) is 60.2 Å². The lowest BCUT2D eigenvalue weighted by Crippen LogP contribution is -2.35. The minimum atomic E-state index is -0.0815. The number of H-pyrrole nitrogens is 1. The van der Waals surface area contributed by atoms with Gasteiger partial charge in [0.25, 0.3) is 0 Å². The fourth-order valence-corrected chi connectivity index (χ4v) is 3.67. The minimum Gasteiger partial charge on any atom is -0.379 e. The zero-order valence-corrected chi connectivity index (χ0v) is 16.8. The molecule has 150 valence electrons. The summed E-state index contributed by atoms with van der Waals surface area (Å²) in [5.41, 5.74) is 2.99. The van der Waals surface area contributed by atoms with Gasteiger partial charge in [-0.05, 0) is 17.7 Å². The molecule has 29 heavy (non-hydrogen) atoms. The summed E-state index contributed by atoms with van der Waals surface area (Å²) in [5.74, 6) is 0.869. The number of hydrogen-bond donors (Lipinski definition) is 2. The van der Waals surface area contributed by atoms with Crippen molar-refractivity contribution in [2.45, 2.75) is 11.7 Å². The van der Waals surface area contributed by atoms with Crippen molar-refractivity contribution in [3.8, 4) is 11.4 Å². The van der Waals surface area contributed by atoms with Gasteiger partial charge < -0.3 is 10.1 Å². The molecule has 4 rings (SSSR count). The quantitative estimate of drug-likeness (QED) is 0.584. The van der Waals surface area contributed by atoms with E-state index in [2.05, 4.69) is 37.5 Å². The molecule has 0 atom stereocenters. The third kappa shape index (κ3) is 5.66. The Bertz CT molecular complexity index is 924. The molecule has 0 bridgehead atoms. The van der Waals surface area contributed by atoms with E-state index in [0.717, 1.165) is 44.1 Å². The maximum absolute atomic E-state index is 12.2. The first-order valence-corrected chi connectivity index (χ1v) is 10.5. The van der Waals surface area contributed by atoms with Gasteiger partial charge in [-0.3, -0.25) is 14.8 Å². The van der Waals surface area contributed by atoms with Crippen molar-refractivity contribution in [2.24, 2.45) is 0 Å². The number of aromatic amines is 1. The molecule has 0 spiro atoms. The molecular weight excluding hydrogens is 386 g/mol. The highest BCUT2D eigenvalue weighted by molar-refractivity contribution is 7.99. The first kappa shape index (κ1) is 19.6. The summed E-state index contributed by atoms with van der Waals surface area (Å²) in [6, 6.07) is 17.8. The second-order valence-electron chi connectivity index (χ2n) is 6.75. The number of benzene rings is 2. The second-order valence-corrected chi connectivity index (χ2v) is 7.70. The molecule has 1 fully saturated rings. The van der Waals surface area contributed by atoms with Crippen LogP contribution in [-0.4, -0.2) is 58.0 Å². The van der Waals surface area contributed by atoms with E-state index in [1.807, 2.05) is 42.5 Å². The molecule has 1 aliphatic heterocycles. The summed E-state index contributed by atoms with van der Waals surface area (Å²) in [7, 11) is 0. The average molecular weight is 410 g/mol. The van der Waals surface area contributed by atoms with Crippen molar-refractivity contribution in [3.63, 3.8) is 0 Å². The van der Waals surface area contributed by atoms with E-state index >= 15 is 0 Å². The van der Waals surface area contributed by atoms with Crippen LogP contribution >= 0.6 is 11.8 Å². The van der Waals surface area contributed by atoms with Crippen LogP contribution in [0.25, 0.3) is 11.4 Å². The van der Waals surface area contributed by atoms with Gasteiger partial charge in [-0.1, -0.05) is 54.2 Å². The maximum Gasteiger partial charge on any atom is 0.234 e. The highest BCUT2D eigenvalue weighted by atomic mass is 32.2. The minimum absolute atomic E-state index is 0.0815. The van der Waals surface area contributed by atoms with Crippen molar-refractivity contribution in [2.75, 3.05) is 37.4 Å². The van der Waals surface area contributed by atoms with E-state index in [9.17, 15) is 4.79 Å². The van der Waals surface area contributed by atoms with Crippen LogP contribution in [0.4, 0.5) is 5.69 Å². The molecule has 1 saturated heterocycles. The van der Waals surface area contributed by atoms with Crippen LogP contribution in [0.1, 0.15) is 5.56 Å². The standard InChI is InChI=1S/C21H23N5O2S/c27-19(15-29-21-23-20(24-25-21)17-4-2-1-3-5-17)22-18-8-6-16(7-9-18)14-26-10-12-28-13-11-26/h1-9H,10-15H2,(H,22,27)(H,23,24,25). The summed E-state index contributed by atoms with van der Waals surface area (Å²) >= 11 is 1.31. The van der Waals surface area contributed by atoms with E-state index in [1.54, 1.807) is 0 Å². The average Bonchev–Trinajstić information content (AvgIpc) is 3.24. The van der Waals surface area contributed by atoms with Gasteiger partial charge in [0, 0.05) is 30.9 Å². The van der Waals surface area contributed by atoms with Gasteiger partial charge >= 0.3 is 0 Å². The SMILES string of the molecule is O=C(CSc1n[nH]c(-c2ccccc2)n1)Nc1ccc(CN2CCOCC2)cc1. The highest BCUT2D eigenvalue weighted by Gasteiger charge is 2.11. The summed E-state index contributed by atoms with van der Waals surface area (Å²) in [6.45, 7) is 4.42. The van der Waals surface area contributed by atoms with E-state index in [4.69, 9.17) is 4.74 Å². The van der Waals surface area contributed by atoms with Gasteiger partial charge in [-0.2, -0.15) is 0 Å². The fraction of sp³-hybridized carbons (Fsp3) is 0.286. The number of aromatic nitrogens is 3. The number of rotatable bonds is 7. The molecule has 2 aromatic carbocycles. The zero-order valence-electron chi connectivity index (χ0n) is 16.0. The summed E-state index contributed by atoms with van der Waals surface area (Å²) in [6.07, 6.45) is 0.